The Bertz CT molecular complexity index is 302. The minimum atomic E-state index is 0.567. The average Bonchev–Trinajstić information content (AvgIpc) is 2.27. The molecule has 0 fully saturated rings. The maximum absolute atomic E-state index is 5.15. The van der Waals surface area contributed by atoms with E-state index in [2.05, 4.69) is 5.48 Å². The molecule has 0 spiro atoms. The van der Waals surface area contributed by atoms with Crippen LogP contribution in [0.3, 0.4) is 0 Å². The summed E-state index contributed by atoms with van der Waals surface area (Å²) in [4.78, 5) is 4.81. The molecule has 0 radical (unpaired) electrons. The lowest BCUT2D eigenvalue weighted by atomic mass is 10.1. The summed E-state index contributed by atoms with van der Waals surface area (Å²) in [5, 5.41) is 0. The lowest BCUT2D eigenvalue weighted by Gasteiger charge is -2.10. The normalized spacial score (nSPS) is 10.3. The van der Waals surface area contributed by atoms with E-state index in [1.165, 1.54) is 0 Å². The highest BCUT2D eigenvalue weighted by Gasteiger charge is 2.03. The van der Waals surface area contributed by atoms with Crippen LogP contribution >= 0.6 is 0 Å². The van der Waals surface area contributed by atoms with Crippen molar-refractivity contribution in [3.63, 3.8) is 0 Å². The summed E-state index contributed by atoms with van der Waals surface area (Å²) in [5.41, 5.74) is 5.04. The van der Waals surface area contributed by atoms with Crippen molar-refractivity contribution in [3.8, 4) is 5.75 Å². The Morgan fingerprint density at radius 2 is 1.93 bits per heavy atom. The standard InChI is InChI=1S/C11H17NO3/c1-13-8-10-6-11(14-2)5-4-9(10)7-12-15-3/h4-6,12H,7-8H2,1-3H3. The highest BCUT2D eigenvalue weighted by atomic mass is 16.6. The lowest BCUT2D eigenvalue weighted by molar-refractivity contribution is 0.0859. The van der Waals surface area contributed by atoms with Gasteiger partial charge in [-0.3, -0.25) is 0 Å². The van der Waals surface area contributed by atoms with Gasteiger partial charge in [-0.1, -0.05) is 6.07 Å². The summed E-state index contributed by atoms with van der Waals surface area (Å²) in [7, 11) is 4.92. The Morgan fingerprint density at radius 1 is 1.13 bits per heavy atom. The summed E-state index contributed by atoms with van der Waals surface area (Å²) in [5.74, 6) is 0.836. The molecule has 0 atom stereocenters. The highest BCUT2D eigenvalue weighted by molar-refractivity contribution is 5.35. The SMILES string of the molecule is COCc1cc(OC)ccc1CNOC. The van der Waals surface area contributed by atoms with Crippen LogP contribution in [0.4, 0.5) is 0 Å². The zero-order valence-electron chi connectivity index (χ0n) is 9.37. The molecule has 0 aliphatic carbocycles. The summed E-state index contributed by atoms with van der Waals surface area (Å²) in [6.45, 7) is 1.22. The molecule has 4 heteroatoms. The van der Waals surface area contributed by atoms with Gasteiger partial charge in [0, 0.05) is 13.7 Å². The Balaban J connectivity index is 2.82. The van der Waals surface area contributed by atoms with Gasteiger partial charge in [-0.2, -0.15) is 5.48 Å². The molecule has 1 N–H and O–H groups in total. The van der Waals surface area contributed by atoms with E-state index in [0.29, 0.717) is 13.2 Å². The van der Waals surface area contributed by atoms with Gasteiger partial charge in [0.05, 0.1) is 20.8 Å². The van der Waals surface area contributed by atoms with Gasteiger partial charge in [0.25, 0.3) is 0 Å². The maximum Gasteiger partial charge on any atom is 0.119 e. The predicted molar refractivity (Wildman–Crippen MR) is 57.6 cm³/mol. The fourth-order valence-electron chi connectivity index (χ4n) is 1.34. The lowest BCUT2D eigenvalue weighted by Crippen LogP contribution is -2.12. The number of ether oxygens (including phenoxy) is 2. The first-order chi connectivity index (χ1) is 7.31. The number of hydroxylamine groups is 1. The van der Waals surface area contributed by atoms with Crippen LogP contribution < -0.4 is 10.2 Å². The summed E-state index contributed by atoms with van der Waals surface area (Å²) in [6.07, 6.45) is 0. The molecular weight excluding hydrogens is 194 g/mol. The van der Waals surface area contributed by atoms with Gasteiger partial charge in [-0.15, -0.1) is 0 Å². The molecule has 0 saturated heterocycles. The number of rotatable bonds is 6. The van der Waals surface area contributed by atoms with Gasteiger partial charge >= 0.3 is 0 Å². The second-order valence-corrected chi connectivity index (χ2v) is 3.09. The first kappa shape index (κ1) is 12.0. The van der Waals surface area contributed by atoms with E-state index in [1.54, 1.807) is 21.3 Å². The van der Waals surface area contributed by atoms with E-state index in [9.17, 15) is 0 Å². The molecule has 4 nitrogen and oxygen atoms in total. The van der Waals surface area contributed by atoms with Crippen molar-refractivity contribution in [2.75, 3.05) is 21.3 Å². The number of nitrogens with one attached hydrogen (secondary N) is 1. The third-order valence-electron chi connectivity index (χ3n) is 2.12. The Labute approximate surface area is 90.1 Å². The molecule has 0 aliphatic heterocycles. The first-order valence-corrected chi connectivity index (χ1v) is 4.72. The van der Waals surface area contributed by atoms with Gasteiger partial charge in [-0.05, 0) is 23.3 Å². The van der Waals surface area contributed by atoms with Crippen LogP contribution in [-0.2, 0) is 22.7 Å². The molecule has 84 valence electrons. The van der Waals surface area contributed by atoms with Crippen molar-refractivity contribution in [1.82, 2.24) is 5.48 Å². The van der Waals surface area contributed by atoms with Crippen LogP contribution in [0.15, 0.2) is 18.2 Å². The largest absolute Gasteiger partial charge is 0.497 e. The zero-order valence-corrected chi connectivity index (χ0v) is 9.37. The summed E-state index contributed by atoms with van der Waals surface area (Å²) in [6, 6.07) is 5.89. The van der Waals surface area contributed by atoms with Crippen LogP contribution in [0.1, 0.15) is 11.1 Å². The third kappa shape index (κ3) is 3.51. The summed E-state index contributed by atoms with van der Waals surface area (Å²) < 4.78 is 10.3. The Hall–Kier alpha value is -1.10. The Morgan fingerprint density at radius 3 is 2.53 bits per heavy atom. The fraction of sp³-hybridized carbons (Fsp3) is 0.455. The fourth-order valence-corrected chi connectivity index (χ4v) is 1.34. The minimum absolute atomic E-state index is 0.567. The first-order valence-electron chi connectivity index (χ1n) is 4.72. The van der Waals surface area contributed by atoms with Crippen LogP contribution in [0.25, 0.3) is 0 Å². The third-order valence-corrected chi connectivity index (χ3v) is 2.12. The molecule has 0 unspecified atom stereocenters. The highest BCUT2D eigenvalue weighted by Crippen LogP contribution is 2.18. The van der Waals surface area contributed by atoms with Crippen LogP contribution in [0.5, 0.6) is 5.75 Å². The molecule has 0 bridgehead atoms. The van der Waals surface area contributed by atoms with E-state index in [0.717, 1.165) is 16.9 Å². The van der Waals surface area contributed by atoms with Crippen molar-refractivity contribution in [3.05, 3.63) is 29.3 Å². The van der Waals surface area contributed by atoms with Crippen molar-refractivity contribution < 1.29 is 14.3 Å². The van der Waals surface area contributed by atoms with E-state index in [4.69, 9.17) is 14.3 Å². The van der Waals surface area contributed by atoms with Gasteiger partial charge in [-0.25, -0.2) is 0 Å². The molecule has 0 heterocycles. The monoisotopic (exact) mass is 211 g/mol. The van der Waals surface area contributed by atoms with E-state index >= 15 is 0 Å². The summed E-state index contributed by atoms with van der Waals surface area (Å²) >= 11 is 0. The van der Waals surface area contributed by atoms with Crippen LogP contribution in [0, 0.1) is 0 Å². The number of hydrogen-bond donors (Lipinski definition) is 1. The quantitative estimate of drug-likeness (QED) is 0.724. The molecule has 0 saturated carbocycles. The molecule has 0 amide bonds. The minimum Gasteiger partial charge on any atom is -0.497 e. The average molecular weight is 211 g/mol. The molecule has 15 heavy (non-hydrogen) atoms. The van der Waals surface area contributed by atoms with E-state index in [-0.39, 0.29) is 0 Å². The molecule has 1 rings (SSSR count). The van der Waals surface area contributed by atoms with Gasteiger partial charge < -0.3 is 14.3 Å². The van der Waals surface area contributed by atoms with Crippen molar-refractivity contribution in [2.24, 2.45) is 0 Å². The van der Waals surface area contributed by atoms with Gasteiger partial charge in [0.15, 0.2) is 0 Å². The van der Waals surface area contributed by atoms with E-state index < -0.39 is 0 Å². The smallest absolute Gasteiger partial charge is 0.119 e. The molecule has 1 aromatic rings. The van der Waals surface area contributed by atoms with E-state index in [1.807, 2.05) is 18.2 Å². The van der Waals surface area contributed by atoms with Crippen LogP contribution in [0.2, 0.25) is 0 Å². The van der Waals surface area contributed by atoms with Crippen molar-refractivity contribution in [1.29, 1.82) is 0 Å². The van der Waals surface area contributed by atoms with Crippen molar-refractivity contribution in [2.45, 2.75) is 13.2 Å². The predicted octanol–water partition coefficient (Wildman–Crippen LogP) is 1.49. The molecule has 0 aromatic heterocycles. The second kappa shape index (κ2) is 6.40. The molecular formula is C11H17NO3. The maximum atomic E-state index is 5.15. The zero-order chi connectivity index (χ0) is 11.1. The number of methoxy groups -OCH3 is 2. The van der Waals surface area contributed by atoms with Crippen molar-refractivity contribution >= 4 is 0 Å². The molecule has 0 aliphatic rings. The topological polar surface area (TPSA) is 39.7 Å². The molecule has 1 aromatic carbocycles. The van der Waals surface area contributed by atoms with Crippen LogP contribution in [-0.4, -0.2) is 21.3 Å². The second-order valence-electron chi connectivity index (χ2n) is 3.09. The number of hydrogen-bond acceptors (Lipinski definition) is 4. The number of benzene rings is 1. The van der Waals surface area contributed by atoms with Gasteiger partial charge in [0.2, 0.25) is 0 Å². The Kier molecular flexibility index (Phi) is 5.10. The van der Waals surface area contributed by atoms with Gasteiger partial charge in [0.1, 0.15) is 5.75 Å².